The molecule has 0 aliphatic rings. The molecule has 0 heterocycles. The summed E-state index contributed by atoms with van der Waals surface area (Å²) in [5, 5.41) is 0. The molecule has 0 aromatic rings. The summed E-state index contributed by atoms with van der Waals surface area (Å²) < 4.78 is 16.8. The van der Waals surface area contributed by atoms with Gasteiger partial charge in [-0.1, -0.05) is 259 Å². The first-order chi connectivity index (χ1) is 28.9. The summed E-state index contributed by atoms with van der Waals surface area (Å²) in [6, 6.07) is 0. The van der Waals surface area contributed by atoms with Crippen molar-refractivity contribution in [1.29, 1.82) is 0 Å². The van der Waals surface area contributed by atoms with E-state index in [2.05, 4.69) is 27.7 Å². The van der Waals surface area contributed by atoms with Crippen LogP contribution in [0.3, 0.4) is 0 Å². The van der Waals surface area contributed by atoms with Gasteiger partial charge in [0.1, 0.15) is 13.2 Å². The zero-order valence-electron chi connectivity index (χ0n) is 40.2. The van der Waals surface area contributed by atoms with Gasteiger partial charge in [0.25, 0.3) is 0 Å². The average Bonchev–Trinajstić information content (AvgIpc) is 3.23. The summed E-state index contributed by atoms with van der Waals surface area (Å²) in [7, 11) is 0. The highest BCUT2D eigenvalue weighted by Crippen LogP contribution is 2.18. The normalized spacial score (nSPS) is 12.4. The van der Waals surface area contributed by atoms with Gasteiger partial charge < -0.3 is 14.2 Å². The zero-order chi connectivity index (χ0) is 43.1. The van der Waals surface area contributed by atoms with Crippen LogP contribution in [0, 0.1) is 5.92 Å². The van der Waals surface area contributed by atoms with Crippen molar-refractivity contribution >= 4 is 17.9 Å². The lowest BCUT2D eigenvalue weighted by molar-refractivity contribution is -0.167. The smallest absolute Gasteiger partial charge is 0.306 e. The van der Waals surface area contributed by atoms with Gasteiger partial charge in [-0.15, -0.1) is 0 Å². The molecule has 0 saturated heterocycles. The molecule has 0 aliphatic heterocycles. The highest BCUT2D eigenvalue weighted by atomic mass is 16.6. The lowest BCUT2D eigenvalue weighted by atomic mass is 9.99. The van der Waals surface area contributed by atoms with Gasteiger partial charge in [-0.25, -0.2) is 0 Å². The van der Waals surface area contributed by atoms with E-state index in [1.165, 1.54) is 193 Å². The molecule has 0 spiro atoms. The highest BCUT2D eigenvalue weighted by Gasteiger charge is 2.19. The minimum atomic E-state index is -0.761. The molecule has 59 heavy (non-hydrogen) atoms. The minimum absolute atomic E-state index is 0.0631. The topological polar surface area (TPSA) is 78.9 Å². The van der Waals surface area contributed by atoms with Crippen LogP contribution in [0.25, 0.3) is 0 Å². The number of carbonyl (C=O) groups excluding carboxylic acids is 3. The summed E-state index contributed by atoms with van der Waals surface area (Å²) in [4.78, 5) is 37.9. The third-order valence-corrected chi connectivity index (χ3v) is 12.4. The first-order valence-corrected chi connectivity index (χ1v) is 26.4. The Morgan fingerprint density at radius 1 is 0.339 bits per heavy atom. The number of rotatable bonds is 48. The quantitative estimate of drug-likeness (QED) is 0.0345. The summed E-state index contributed by atoms with van der Waals surface area (Å²) in [5.74, 6) is 0.00232. The second-order valence-corrected chi connectivity index (χ2v) is 18.4. The van der Waals surface area contributed by atoms with E-state index in [-0.39, 0.29) is 31.1 Å². The maximum Gasteiger partial charge on any atom is 0.306 e. The fourth-order valence-corrected chi connectivity index (χ4v) is 8.01. The molecule has 0 aliphatic carbocycles. The van der Waals surface area contributed by atoms with Gasteiger partial charge in [-0.05, 0) is 25.2 Å². The van der Waals surface area contributed by atoms with E-state index in [0.29, 0.717) is 19.3 Å². The molecular weight excluding hydrogens is 733 g/mol. The third-order valence-electron chi connectivity index (χ3n) is 12.4. The molecule has 0 rings (SSSR count). The predicted molar refractivity (Wildman–Crippen MR) is 252 cm³/mol. The monoisotopic (exact) mass is 835 g/mol. The summed E-state index contributed by atoms with van der Waals surface area (Å²) in [5.41, 5.74) is 0. The van der Waals surface area contributed by atoms with Gasteiger partial charge in [0.2, 0.25) is 0 Å². The lowest BCUT2D eigenvalue weighted by Gasteiger charge is -2.18. The average molecular weight is 835 g/mol. The first-order valence-electron chi connectivity index (χ1n) is 26.4. The van der Waals surface area contributed by atoms with Crippen molar-refractivity contribution in [2.24, 2.45) is 5.92 Å². The Morgan fingerprint density at radius 3 is 0.881 bits per heavy atom. The van der Waals surface area contributed by atoms with Gasteiger partial charge in [0.15, 0.2) is 6.10 Å². The maximum absolute atomic E-state index is 12.8. The van der Waals surface area contributed by atoms with Gasteiger partial charge in [0.05, 0.1) is 0 Å². The molecule has 0 saturated carbocycles. The van der Waals surface area contributed by atoms with Gasteiger partial charge in [-0.2, -0.15) is 0 Å². The minimum Gasteiger partial charge on any atom is -0.462 e. The van der Waals surface area contributed by atoms with Gasteiger partial charge >= 0.3 is 17.9 Å². The van der Waals surface area contributed by atoms with Crippen LogP contribution >= 0.6 is 0 Å². The predicted octanol–water partition coefficient (Wildman–Crippen LogP) is 17.1. The fraction of sp³-hybridized carbons (Fsp3) is 0.943. The molecule has 0 radical (unpaired) electrons. The van der Waals surface area contributed by atoms with Crippen molar-refractivity contribution in [2.45, 2.75) is 303 Å². The molecule has 0 aromatic heterocycles. The van der Waals surface area contributed by atoms with Crippen LogP contribution < -0.4 is 0 Å². The molecule has 1 unspecified atom stereocenters. The van der Waals surface area contributed by atoms with Crippen LogP contribution in [0.2, 0.25) is 0 Å². The summed E-state index contributed by atoms with van der Waals surface area (Å²) >= 11 is 0. The van der Waals surface area contributed by atoms with E-state index in [0.717, 1.165) is 63.7 Å². The Kier molecular flexibility index (Phi) is 46.2. The Labute approximate surface area is 368 Å². The van der Waals surface area contributed by atoms with E-state index in [9.17, 15) is 14.4 Å². The van der Waals surface area contributed by atoms with Crippen LogP contribution in [-0.2, 0) is 28.6 Å². The number of esters is 3. The molecule has 0 aromatic carbocycles. The van der Waals surface area contributed by atoms with Crippen LogP contribution in [-0.4, -0.2) is 37.2 Å². The van der Waals surface area contributed by atoms with Crippen molar-refractivity contribution in [3.05, 3.63) is 0 Å². The number of ether oxygens (including phenoxy) is 3. The van der Waals surface area contributed by atoms with E-state index in [1.54, 1.807) is 0 Å². The number of hydrogen-bond donors (Lipinski definition) is 0. The molecule has 0 bridgehead atoms. The zero-order valence-corrected chi connectivity index (χ0v) is 40.2. The van der Waals surface area contributed by atoms with Crippen molar-refractivity contribution in [1.82, 2.24) is 0 Å². The Balaban J connectivity index is 4.28. The molecule has 6 heteroatoms. The van der Waals surface area contributed by atoms with E-state index < -0.39 is 6.10 Å². The van der Waals surface area contributed by atoms with E-state index >= 15 is 0 Å². The van der Waals surface area contributed by atoms with Gasteiger partial charge in [-0.3, -0.25) is 14.4 Å². The summed E-state index contributed by atoms with van der Waals surface area (Å²) in [6.07, 6.45) is 49.4. The molecule has 350 valence electrons. The van der Waals surface area contributed by atoms with Crippen molar-refractivity contribution in [3.63, 3.8) is 0 Å². The molecule has 2 atom stereocenters. The highest BCUT2D eigenvalue weighted by molar-refractivity contribution is 5.71. The maximum atomic E-state index is 12.8. The molecular formula is C53H102O6. The molecule has 0 fully saturated rings. The van der Waals surface area contributed by atoms with Crippen molar-refractivity contribution in [2.75, 3.05) is 13.2 Å². The van der Waals surface area contributed by atoms with E-state index in [4.69, 9.17) is 14.2 Å². The number of unbranched alkanes of at least 4 members (excludes halogenated alkanes) is 34. The third kappa shape index (κ3) is 45.8. The molecule has 0 N–H and O–H groups in total. The van der Waals surface area contributed by atoms with Crippen molar-refractivity contribution < 1.29 is 28.6 Å². The Bertz CT molecular complexity index is 889. The first kappa shape index (κ1) is 57.4. The second kappa shape index (κ2) is 47.5. The largest absolute Gasteiger partial charge is 0.462 e. The van der Waals surface area contributed by atoms with Crippen LogP contribution in [0.15, 0.2) is 0 Å². The van der Waals surface area contributed by atoms with E-state index in [1.807, 2.05) is 0 Å². The van der Waals surface area contributed by atoms with Crippen LogP contribution in [0.4, 0.5) is 0 Å². The number of hydrogen-bond acceptors (Lipinski definition) is 6. The molecule has 6 nitrogen and oxygen atoms in total. The number of carbonyl (C=O) groups is 3. The second-order valence-electron chi connectivity index (χ2n) is 18.4. The van der Waals surface area contributed by atoms with Crippen LogP contribution in [0.1, 0.15) is 297 Å². The lowest BCUT2D eigenvalue weighted by Crippen LogP contribution is -2.30. The SMILES string of the molecule is CCCCCCCCCCCCCCCCCCCCC(=O)O[C@H](COC(=O)CCCCCCCCCCCCC)COC(=O)CCCCCCCCCCC(C)CC. The van der Waals surface area contributed by atoms with Gasteiger partial charge in [0, 0.05) is 19.3 Å². The van der Waals surface area contributed by atoms with Crippen molar-refractivity contribution in [3.8, 4) is 0 Å². The Morgan fingerprint density at radius 2 is 0.593 bits per heavy atom. The standard InChI is InChI=1S/C53H102O6/c1-5-8-10-12-14-16-18-19-20-21-22-23-24-26-28-34-38-42-46-53(56)59-50(47-57-51(54)44-40-36-32-27-25-17-15-13-11-9-6-2)48-58-52(55)45-41-37-33-30-29-31-35-39-43-49(4)7-3/h49-50H,5-48H2,1-4H3/t49?,50-/m1/s1. The molecule has 0 amide bonds. The summed E-state index contributed by atoms with van der Waals surface area (Å²) in [6.45, 7) is 9.03. The Hall–Kier alpha value is -1.59. The van der Waals surface area contributed by atoms with Crippen LogP contribution in [0.5, 0.6) is 0 Å². The fourth-order valence-electron chi connectivity index (χ4n) is 8.01.